The van der Waals surface area contributed by atoms with Crippen molar-refractivity contribution in [3.8, 4) is 11.9 Å². The average molecular weight is 484 g/mol. The van der Waals surface area contributed by atoms with Gasteiger partial charge in [0, 0.05) is 36.2 Å². The first-order valence-corrected chi connectivity index (χ1v) is 12.4. The van der Waals surface area contributed by atoms with Crippen LogP contribution in [0.15, 0.2) is 34.4 Å². The van der Waals surface area contributed by atoms with Crippen molar-refractivity contribution in [2.24, 2.45) is 9.98 Å². The van der Waals surface area contributed by atoms with Gasteiger partial charge >= 0.3 is 0 Å². The molecule has 0 radical (unpaired) electrons. The number of aliphatic imine (C=N–C) groups is 1. The van der Waals surface area contributed by atoms with Gasteiger partial charge in [-0.25, -0.2) is 12.7 Å². The van der Waals surface area contributed by atoms with Gasteiger partial charge in [0.1, 0.15) is 5.75 Å². The van der Waals surface area contributed by atoms with Crippen LogP contribution in [0.2, 0.25) is 5.02 Å². The second-order valence-electron chi connectivity index (χ2n) is 7.90. The minimum Gasteiger partial charge on any atom is -0.496 e. The standard InChI is InChI=1S/C20H26ClN5O3S2/c1-20(2,3)17-12-26(10-9-25(4)31(6,27)28)19(30-17)24-18(23-13-22)15-11-14(21)7-8-16(15)29-5/h7-8,11-12H,9-10H2,1-6H3. The fourth-order valence-corrected chi connectivity index (χ4v) is 4.19. The van der Waals surface area contributed by atoms with Gasteiger partial charge in [-0.3, -0.25) is 0 Å². The lowest BCUT2D eigenvalue weighted by atomic mass is 9.95. The van der Waals surface area contributed by atoms with E-state index >= 15 is 0 Å². The number of amidine groups is 1. The molecule has 0 aliphatic carbocycles. The molecule has 0 N–H and O–H groups in total. The minimum atomic E-state index is -3.30. The maximum Gasteiger partial charge on any atom is 0.211 e. The summed E-state index contributed by atoms with van der Waals surface area (Å²) in [5, 5.41) is 9.69. The van der Waals surface area contributed by atoms with Crippen LogP contribution in [0.25, 0.3) is 0 Å². The fraction of sp³-hybridized carbons (Fsp3) is 0.450. The smallest absolute Gasteiger partial charge is 0.211 e. The number of nitriles is 1. The number of benzene rings is 1. The van der Waals surface area contributed by atoms with Crippen molar-refractivity contribution in [1.82, 2.24) is 8.87 Å². The number of sulfonamides is 1. The summed E-state index contributed by atoms with van der Waals surface area (Å²) >= 11 is 7.60. The monoisotopic (exact) mass is 483 g/mol. The molecule has 0 unspecified atom stereocenters. The highest BCUT2D eigenvalue weighted by atomic mass is 35.5. The molecule has 31 heavy (non-hydrogen) atoms. The first-order valence-electron chi connectivity index (χ1n) is 9.34. The SMILES string of the molecule is COc1ccc(Cl)cc1C(=NC#N)N=c1sc(C(C)(C)C)cn1CCN(C)S(C)(=O)=O. The molecular weight excluding hydrogens is 458 g/mol. The van der Waals surface area contributed by atoms with Gasteiger partial charge < -0.3 is 9.30 Å². The molecule has 0 saturated heterocycles. The summed E-state index contributed by atoms with van der Waals surface area (Å²) in [5.74, 6) is 0.646. The maximum atomic E-state index is 11.8. The molecule has 0 saturated carbocycles. The van der Waals surface area contributed by atoms with Gasteiger partial charge in [-0.1, -0.05) is 32.4 Å². The van der Waals surface area contributed by atoms with Crippen molar-refractivity contribution in [2.45, 2.75) is 32.7 Å². The molecule has 2 rings (SSSR count). The third-order valence-corrected chi connectivity index (χ3v) is 7.44. The Bertz CT molecular complexity index is 1180. The van der Waals surface area contributed by atoms with E-state index in [4.69, 9.17) is 16.3 Å². The lowest BCUT2D eigenvalue weighted by Gasteiger charge is -2.15. The molecule has 168 valence electrons. The van der Waals surface area contributed by atoms with Crippen LogP contribution >= 0.6 is 22.9 Å². The largest absolute Gasteiger partial charge is 0.496 e. The molecule has 11 heteroatoms. The van der Waals surface area contributed by atoms with E-state index in [9.17, 15) is 13.7 Å². The van der Waals surface area contributed by atoms with Crippen LogP contribution in [0.3, 0.4) is 0 Å². The molecule has 0 aliphatic rings. The number of methoxy groups -OCH3 is 1. The molecule has 8 nitrogen and oxygen atoms in total. The molecular formula is C20H26ClN5O3S2. The number of thiazole rings is 1. The first kappa shape index (κ1) is 25.1. The van der Waals surface area contributed by atoms with Crippen LogP contribution in [0.1, 0.15) is 31.2 Å². The lowest BCUT2D eigenvalue weighted by molar-refractivity contribution is 0.414. The predicted octanol–water partition coefficient (Wildman–Crippen LogP) is 3.23. The van der Waals surface area contributed by atoms with Crippen molar-refractivity contribution in [2.75, 3.05) is 27.0 Å². The topological polar surface area (TPSA) is 100 Å². The summed E-state index contributed by atoms with van der Waals surface area (Å²) in [5.41, 5.74) is 0.352. The highest BCUT2D eigenvalue weighted by molar-refractivity contribution is 7.88. The van der Waals surface area contributed by atoms with Crippen LogP contribution in [0.5, 0.6) is 5.75 Å². The summed E-state index contributed by atoms with van der Waals surface area (Å²) < 4.78 is 32.1. The number of halogens is 1. The van der Waals surface area contributed by atoms with E-state index in [1.165, 1.54) is 36.1 Å². The Hall–Kier alpha value is -2.19. The molecule has 2 aromatic rings. The number of hydrogen-bond acceptors (Lipinski definition) is 6. The molecule has 1 aromatic carbocycles. The normalized spacial score (nSPS) is 13.5. The molecule has 0 atom stereocenters. The third-order valence-electron chi connectivity index (χ3n) is 4.44. The van der Waals surface area contributed by atoms with E-state index in [0.717, 1.165) is 4.88 Å². The number of hydrogen-bond donors (Lipinski definition) is 0. The Kier molecular flexibility index (Phi) is 8.05. The molecule has 1 aromatic heterocycles. The Labute approximate surface area is 192 Å². The maximum absolute atomic E-state index is 11.8. The van der Waals surface area contributed by atoms with E-state index in [2.05, 4.69) is 30.8 Å². The Morgan fingerprint density at radius 2 is 2.06 bits per heavy atom. The Balaban J connectivity index is 2.63. The zero-order chi connectivity index (χ0) is 23.4. The van der Waals surface area contributed by atoms with Gasteiger partial charge in [-0.15, -0.1) is 11.3 Å². The molecule has 0 amide bonds. The summed E-state index contributed by atoms with van der Waals surface area (Å²) in [6.07, 6.45) is 4.91. The summed E-state index contributed by atoms with van der Waals surface area (Å²) in [6.45, 7) is 6.92. The van der Waals surface area contributed by atoms with Crippen LogP contribution in [0.4, 0.5) is 0 Å². The second kappa shape index (κ2) is 9.96. The Morgan fingerprint density at radius 1 is 1.39 bits per heavy atom. The Morgan fingerprint density at radius 3 is 2.61 bits per heavy atom. The molecule has 0 fully saturated rings. The summed E-state index contributed by atoms with van der Waals surface area (Å²) in [6, 6.07) is 5.00. The minimum absolute atomic E-state index is 0.136. The van der Waals surface area contributed by atoms with Gasteiger partial charge in [0.15, 0.2) is 10.6 Å². The number of rotatable bonds is 6. The van der Waals surface area contributed by atoms with E-state index in [-0.39, 0.29) is 17.8 Å². The molecule has 0 aliphatic heterocycles. The summed E-state index contributed by atoms with van der Waals surface area (Å²) in [4.78, 5) is 10.2. The molecule has 1 heterocycles. The average Bonchev–Trinajstić information content (AvgIpc) is 3.08. The lowest BCUT2D eigenvalue weighted by Crippen LogP contribution is -2.31. The second-order valence-corrected chi connectivity index (χ2v) is 11.4. The molecule has 0 bridgehead atoms. The van der Waals surface area contributed by atoms with Gasteiger partial charge in [0.05, 0.1) is 18.9 Å². The van der Waals surface area contributed by atoms with E-state index in [0.29, 0.717) is 27.7 Å². The number of aromatic nitrogens is 1. The van der Waals surface area contributed by atoms with Crippen molar-refractivity contribution >= 4 is 38.8 Å². The number of ether oxygens (including phenoxy) is 1. The number of nitrogens with zero attached hydrogens (tertiary/aromatic N) is 5. The number of likely N-dealkylation sites (N-methyl/N-ethyl adjacent to an activating group) is 1. The van der Waals surface area contributed by atoms with Gasteiger partial charge in [0.25, 0.3) is 0 Å². The van der Waals surface area contributed by atoms with E-state index < -0.39 is 10.0 Å². The van der Waals surface area contributed by atoms with Crippen LogP contribution < -0.4 is 9.54 Å². The van der Waals surface area contributed by atoms with Crippen molar-refractivity contribution < 1.29 is 13.2 Å². The van der Waals surface area contributed by atoms with Crippen LogP contribution in [-0.4, -0.2) is 50.1 Å². The van der Waals surface area contributed by atoms with Gasteiger partial charge in [-0.2, -0.15) is 15.2 Å². The van der Waals surface area contributed by atoms with Crippen LogP contribution in [-0.2, 0) is 22.0 Å². The van der Waals surface area contributed by atoms with Crippen molar-refractivity contribution in [1.29, 1.82) is 5.26 Å². The van der Waals surface area contributed by atoms with Crippen molar-refractivity contribution in [3.63, 3.8) is 0 Å². The van der Waals surface area contributed by atoms with Crippen LogP contribution in [0, 0.1) is 11.5 Å². The van der Waals surface area contributed by atoms with E-state index in [1.807, 2.05) is 10.8 Å². The first-order chi connectivity index (χ1) is 14.4. The van der Waals surface area contributed by atoms with Gasteiger partial charge in [-0.05, 0) is 23.6 Å². The zero-order valence-electron chi connectivity index (χ0n) is 18.4. The third kappa shape index (κ3) is 6.64. The zero-order valence-corrected chi connectivity index (χ0v) is 20.8. The van der Waals surface area contributed by atoms with Gasteiger partial charge in [0.2, 0.25) is 16.2 Å². The molecule has 0 spiro atoms. The predicted molar refractivity (Wildman–Crippen MR) is 124 cm³/mol. The quantitative estimate of drug-likeness (QED) is 0.357. The fourth-order valence-electron chi connectivity index (χ4n) is 2.53. The van der Waals surface area contributed by atoms with Crippen molar-refractivity contribution in [3.05, 3.63) is 44.7 Å². The summed E-state index contributed by atoms with van der Waals surface area (Å²) in [7, 11) is -0.255. The highest BCUT2D eigenvalue weighted by Gasteiger charge is 2.19. The highest BCUT2D eigenvalue weighted by Crippen LogP contribution is 2.26. The van der Waals surface area contributed by atoms with E-state index in [1.54, 1.807) is 24.4 Å².